The Morgan fingerprint density at radius 2 is 0.859 bits per heavy atom. The highest BCUT2D eigenvalue weighted by Crippen LogP contribution is 2.54. The van der Waals surface area contributed by atoms with Crippen molar-refractivity contribution in [2.45, 2.75) is 81.6 Å². The Hall–Kier alpha value is -5.96. The van der Waals surface area contributed by atoms with Crippen molar-refractivity contribution < 1.29 is 24.0 Å². The number of ketones is 3. The molecule has 64 heavy (non-hydrogen) atoms. The van der Waals surface area contributed by atoms with Gasteiger partial charge in [0, 0.05) is 76.3 Å². The lowest BCUT2D eigenvalue weighted by atomic mass is 9.55. The first-order valence-corrected chi connectivity index (χ1v) is 22.4. The standard InChI is InChI=1S/2C20H22N2O2.C13H18N2O/c2*1-19(2)16-9-10-22(18(24)14-7-5-4-6-8-14)13-20(16,3)11-15(12-21)17(19)23;1-12(2)10-4-5-15-8-13(10,3)6-9(7-14)11(12)16/h2*4-8,11,16H,9-10,13H2,1-3H3;6,10,15H,4-5,8H2,1-3H3/t2*16-,20+;10-,13+/m100/s1. The van der Waals surface area contributed by atoms with Gasteiger partial charge in [-0.15, -0.1) is 0 Å². The monoisotopic (exact) mass is 862 g/mol. The average Bonchev–Trinajstić information content (AvgIpc) is 3.27. The number of fused-ring (bicyclic) bond motifs is 3. The van der Waals surface area contributed by atoms with Gasteiger partial charge in [0.2, 0.25) is 0 Å². The van der Waals surface area contributed by atoms with Crippen LogP contribution in [0.15, 0.2) is 95.6 Å². The predicted molar refractivity (Wildman–Crippen MR) is 244 cm³/mol. The summed E-state index contributed by atoms with van der Waals surface area (Å²) in [6, 6.07) is 24.7. The summed E-state index contributed by atoms with van der Waals surface area (Å²) in [5, 5.41) is 31.1. The Balaban J connectivity index is 0.000000163. The maximum absolute atomic E-state index is 12.8. The predicted octanol–water partition coefficient (Wildman–Crippen LogP) is 8.09. The number of benzene rings is 2. The van der Waals surface area contributed by atoms with Crippen molar-refractivity contribution in [2.75, 3.05) is 39.3 Å². The summed E-state index contributed by atoms with van der Waals surface area (Å²) in [6.07, 6.45) is 8.03. The Bertz CT molecular complexity index is 2310. The van der Waals surface area contributed by atoms with Gasteiger partial charge in [0.25, 0.3) is 11.8 Å². The van der Waals surface area contributed by atoms with Gasteiger partial charge in [0.1, 0.15) is 18.2 Å². The quantitative estimate of drug-likeness (QED) is 0.313. The van der Waals surface area contributed by atoms with Gasteiger partial charge in [0.15, 0.2) is 17.3 Å². The molecule has 3 fully saturated rings. The maximum Gasteiger partial charge on any atom is 0.253 e. The van der Waals surface area contributed by atoms with Crippen LogP contribution >= 0.6 is 0 Å². The summed E-state index contributed by atoms with van der Waals surface area (Å²) < 4.78 is 0. The number of rotatable bonds is 2. The van der Waals surface area contributed by atoms with Crippen LogP contribution in [-0.4, -0.2) is 78.2 Å². The molecular formula is C53H62N6O5. The summed E-state index contributed by atoms with van der Waals surface area (Å²) in [5.74, 6) is 0.494. The Morgan fingerprint density at radius 1 is 0.531 bits per heavy atom. The van der Waals surface area contributed by atoms with E-state index in [-0.39, 0.29) is 68.4 Å². The van der Waals surface area contributed by atoms with Crippen molar-refractivity contribution >= 4 is 29.2 Å². The van der Waals surface area contributed by atoms with Crippen molar-refractivity contribution in [1.82, 2.24) is 15.1 Å². The van der Waals surface area contributed by atoms with Gasteiger partial charge >= 0.3 is 0 Å². The fraction of sp³-hybridized carbons (Fsp3) is 0.509. The first-order chi connectivity index (χ1) is 30.0. The van der Waals surface area contributed by atoms with Gasteiger partial charge in [-0.05, 0) is 67.8 Å². The summed E-state index contributed by atoms with van der Waals surface area (Å²) in [7, 11) is 0. The van der Waals surface area contributed by atoms with Gasteiger partial charge in [-0.2, -0.15) is 15.8 Å². The highest BCUT2D eigenvalue weighted by molar-refractivity contribution is 6.05. The zero-order valence-corrected chi connectivity index (χ0v) is 38.9. The van der Waals surface area contributed by atoms with Crippen molar-refractivity contribution in [3.63, 3.8) is 0 Å². The van der Waals surface area contributed by atoms with E-state index in [0.29, 0.717) is 48.8 Å². The minimum Gasteiger partial charge on any atom is -0.338 e. The van der Waals surface area contributed by atoms with Crippen molar-refractivity contribution in [1.29, 1.82) is 15.8 Å². The third-order valence-electron chi connectivity index (χ3n) is 15.4. The topological polar surface area (TPSA) is 175 Å². The molecule has 8 rings (SSSR count). The van der Waals surface area contributed by atoms with E-state index in [2.05, 4.69) is 44.3 Å². The van der Waals surface area contributed by atoms with Crippen LogP contribution in [0.5, 0.6) is 0 Å². The SMILES string of the molecule is CC1(C)C(=O)C(C#N)=C[C@@]2(C)CN(C(=O)c3ccccc3)CC[C@H]12.CC1(C)C(=O)C(C#N)=C[C@]2(C)CN(C(=O)c3ccccc3)CC[C@@H]12.CC1(C)C(=O)C(C#N)=C[C@]2(C)CNCC[C@@H]12. The number of carbonyl (C=O) groups is 5. The van der Waals surface area contributed by atoms with Gasteiger partial charge in [-0.3, -0.25) is 24.0 Å². The van der Waals surface area contributed by atoms with Crippen LogP contribution in [-0.2, 0) is 14.4 Å². The van der Waals surface area contributed by atoms with Crippen LogP contribution in [0.1, 0.15) is 102 Å². The summed E-state index contributed by atoms with van der Waals surface area (Å²) in [4.78, 5) is 66.5. The molecular weight excluding hydrogens is 801 g/mol. The summed E-state index contributed by atoms with van der Waals surface area (Å²) >= 11 is 0. The van der Waals surface area contributed by atoms with Crippen molar-refractivity contribution in [2.24, 2.45) is 50.2 Å². The third kappa shape index (κ3) is 8.53. The average molecular weight is 863 g/mol. The zero-order valence-electron chi connectivity index (χ0n) is 38.9. The van der Waals surface area contributed by atoms with E-state index in [1.54, 1.807) is 12.2 Å². The second-order valence-corrected chi connectivity index (χ2v) is 21.1. The minimum atomic E-state index is -0.573. The van der Waals surface area contributed by atoms with E-state index in [9.17, 15) is 34.5 Å². The molecule has 2 aromatic rings. The van der Waals surface area contributed by atoms with Gasteiger partial charge < -0.3 is 15.1 Å². The fourth-order valence-electron chi connectivity index (χ4n) is 12.3. The molecule has 0 spiro atoms. The Labute approximate surface area is 378 Å². The number of nitrogens with zero attached hydrogens (tertiary/aromatic N) is 5. The number of likely N-dealkylation sites (tertiary alicyclic amines) is 2. The van der Waals surface area contributed by atoms with Crippen molar-refractivity contribution in [3.8, 4) is 18.2 Å². The maximum atomic E-state index is 12.8. The Morgan fingerprint density at radius 3 is 1.20 bits per heavy atom. The number of amides is 2. The molecule has 0 radical (unpaired) electrons. The molecule has 0 bridgehead atoms. The van der Waals surface area contributed by atoms with Gasteiger partial charge in [-0.1, -0.05) is 117 Å². The fourth-order valence-corrected chi connectivity index (χ4v) is 12.3. The lowest BCUT2D eigenvalue weighted by Gasteiger charge is -2.53. The molecule has 2 aromatic carbocycles. The molecule has 0 aromatic heterocycles. The molecule has 2 amide bonds. The number of allylic oxidation sites excluding steroid dienone is 3. The van der Waals surface area contributed by atoms with Crippen LogP contribution in [0, 0.1) is 84.2 Å². The van der Waals surface area contributed by atoms with E-state index < -0.39 is 16.2 Å². The van der Waals surface area contributed by atoms with Crippen LogP contribution in [0.3, 0.4) is 0 Å². The van der Waals surface area contributed by atoms with Gasteiger partial charge in [-0.25, -0.2) is 0 Å². The van der Waals surface area contributed by atoms with Crippen LogP contribution in [0.2, 0.25) is 0 Å². The zero-order chi connectivity index (χ0) is 47.0. The lowest BCUT2D eigenvalue weighted by Crippen LogP contribution is -2.56. The van der Waals surface area contributed by atoms with E-state index >= 15 is 0 Å². The molecule has 334 valence electrons. The normalized spacial score (nSPS) is 30.8. The highest BCUT2D eigenvalue weighted by Gasteiger charge is 2.56. The smallest absolute Gasteiger partial charge is 0.253 e. The minimum absolute atomic E-state index is 0.0110. The molecule has 0 saturated carbocycles. The number of hydrogen-bond acceptors (Lipinski definition) is 9. The molecule has 0 unspecified atom stereocenters. The number of Topliss-reactive ketones (excluding diaryl/α,β-unsaturated/α-hetero) is 3. The molecule has 11 heteroatoms. The Kier molecular flexibility index (Phi) is 13.0. The number of nitrogens with one attached hydrogen (secondary N) is 1. The number of hydrogen-bond donors (Lipinski definition) is 1. The van der Waals surface area contributed by atoms with E-state index in [1.807, 2.05) is 118 Å². The van der Waals surface area contributed by atoms with Crippen molar-refractivity contribution in [3.05, 3.63) is 107 Å². The molecule has 6 aliphatic rings. The molecule has 6 atom stereocenters. The lowest BCUT2D eigenvalue weighted by molar-refractivity contribution is -0.132. The van der Waals surface area contributed by atoms with E-state index in [1.165, 1.54) is 0 Å². The molecule has 1 N–H and O–H groups in total. The first-order valence-electron chi connectivity index (χ1n) is 22.4. The second-order valence-electron chi connectivity index (χ2n) is 21.1. The largest absolute Gasteiger partial charge is 0.338 e. The summed E-state index contributed by atoms with van der Waals surface area (Å²) in [6.45, 7) is 22.1. The van der Waals surface area contributed by atoms with Gasteiger partial charge in [0.05, 0.1) is 16.7 Å². The molecule has 3 heterocycles. The van der Waals surface area contributed by atoms with Crippen LogP contribution in [0.4, 0.5) is 0 Å². The molecule has 3 saturated heterocycles. The van der Waals surface area contributed by atoms with E-state index in [0.717, 1.165) is 32.4 Å². The number of piperidine rings is 3. The number of nitriles is 3. The van der Waals surface area contributed by atoms with E-state index in [4.69, 9.17) is 5.26 Å². The first kappa shape index (κ1) is 47.5. The third-order valence-corrected chi connectivity index (χ3v) is 15.4. The molecule has 11 nitrogen and oxygen atoms in total. The number of carbonyl (C=O) groups excluding carboxylic acids is 5. The summed E-state index contributed by atoms with van der Waals surface area (Å²) in [5.41, 5.74) is -0.168. The second kappa shape index (κ2) is 17.5. The molecule has 3 aliphatic carbocycles. The molecule has 3 aliphatic heterocycles. The van der Waals surface area contributed by atoms with Crippen LogP contribution in [0.25, 0.3) is 0 Å². The van der Waals surface area contributed by atoms with Crippen LogP contribution < -0.4 is 5.32 Å². The highest BCUT2D eigenvalue weighted by atomic mass is 16.2.